The van der Waals surface area contributed by atoms with Crippen molar-refractivity contribution in [2.75, 3.05) is 13.1 Å². The first-order valence-corrected chi connectivity index (χ1v) is 7.02. The van der Waals surface area contributed by atoms with Crippen LogP contribution in [0.5, 0.6) is 0 Å². The Kier molecular flexibility index (Phi) is 6.66. The van der Waals surface area contributed by atoms with Gasteiger partial charge >= 0.3 is 0 Å². The van der Waals surface area contributed by atoms with Crippen molar-refractivity contribution in [2.45, 2.75) is 33.6 Å². The summed E-state index contributed by atoms with van der Waals surface area (Å²) in [6, 6.07) is 5.21. The maximum absolute atomic E-state index is 13.7. The first-order chi connectivity index (χ1) is 8.50. The number of aryl methyl sites for hydroxylation is 1. The summed E-state index contributed by atoms with van der Waals surface area (Å²) in [5.41, 5.74) is 0.721. The van der Waals surface area contributed by atoms with Crippen LogP contribution in [0.4, 0.5) is 4.39 Å². The minimum Gasteiger partial charge on any atom is -0.316 e. The van der Waals surface area contributed by atoms with E-state index in [1.165, 1.54) is 0 Å². The fourth-order valence-electron chi connectivity index (χ4n) is 1.86. The average Bonchev–Trinajstić information content (AvgIpc) is 2.30. The smallest absolute Gasteiger partial charge is 0.144 e. The molecule has 1 nitrogen and oxygen atoms in total. The van der Waals surface area contributed by atoms with Crippen LogP contribution in [-0.2, 0) is 6.42 Å². The average molecular weight is 272 g/mol. The normalized spacial score (nSPS) is 13.0. The van der Waals surface area contributed by atoms with Gasteiger partial charge in [0, 0.05) is 0 Å². The van der Waals surface area contributed by atoms with Crippen molar-refractivity contribution in [3.05, 3.63) is 34.6 Å². The van der Waals surface area contributed by atoms with Gasteiger partial charge in [0.05, 0.1) is 5.02 Å². The molecule has 0 fully saturated rings. The Labute approximate surface area is 115 Å². The Bertz CT molecular complexity index is 366. The summed E-state index contributed by atoms with van der Waals surface area (Å²) in [6.07, 6.45) is 1.72. The van der Waals surface area contributed by atoms with Gasteiger partial charge in [-0.1, -0.05) is 44.5 Å². The Morgan fingerprint density at radius 1 is 1.22 bits per heavy atom. The van der Waals surface area contributed by atoms with Gasteiger partial charge in [0.1, 0.15) is 5.82 Å². The minimum atomic E-state index is -0.262. The van der Waals surface area contributed by atoms with E-state index in [1.807, 2.05) is 12.1 Å². The SMILES string of the molecule is CC(C)CNCC(C)CCc1cccc(Cl)c1F. The number of halogens is 2. The maximum Gasteiger partial charge on any atom is 0.144 e. The van der Waals surface area contributed by atoms with Crippen molar-refractivity contribution >= 4 is 11.6 Å². The van der Waals surface area contributed by atoms with Gasteiger partial charge in [0.2, 0.25) is 0 Å². The van der Waals surface area contributed by atoms with E-state index in [1.54, 1.807) is 6.07 Å². The second kappa shape index (κ2) is 7.75. The van der Waals surface area contributed by atoms with Crippen LogP contribution < -0.4 is 5.32 Å². The number of benzene rings is 1. The van der Waals surface area contributed by atoms with Crippen LogP contribution in [0, 0.1) is 17.7 Å². The lowest BCUT2D eigenvalue weighted by Crippen LogP contribution is -2.25. The molecule has 0 amide bonds. The van der Waals surface area contributed by atoms with Gasteiger partial charge in [0.15, 0.2) is 0 Å². The van der Waals surface area contributed by atoms with Crippen LogP contribution in [0.25, 0.3) is 0 Å². The molecule has 1 unspecified atom stereocenters. The third kappa shape index (κ3) is 5.36. The van der Waals surface area contributed by atoms with Crippen molar-refractivity contribution < 1.29 is 4.39 Å². The highest BCUT2D eigenvalue weighted by molar-refractivity contribution is 6.30. The summed E-state index contributed by atoms with van der Waals surface area (Å²) in [6.45, 7) is 8.60. The first kappa shape index (κ1) is 15.5. The molecule has 0 saturated heterocycles. The van der Waals surface area contributed by atoms with E-state index in [2.05, 4.69) is 26.1 Å². The molecule has 0 radical (unpaired) electrons. The van der Waals surface area contributed by atoms with Gasteiger partial charge in [-0.05, 0) is 49.4 Å². The van der Waals surface area contributed by atoms with E-state index in [0.29, 0.717) is 11.8 Å². The molecule has 1 aromatic rings. The summed E-state index contributed by atoms with van der Waals surface area (Å²) < 4.78 is 13.7. The van der Waals surface area contributed by atoms with E-state index >= 15 is 0 Å². The van der Waals surface area contributed by atoms with Gasteiger partial charge < -0.3 is 5.32 Å². The predicted octanol–water partition coefficient (Wildman–Crippen LogP) is 4.29. The Hall–Kier alpha value is -0.600. The highest BCUT2D eigenvalue weighted by Gasteiger charge is 2.08. The molecule has 0 heterocycles. The molecule has 0 saturated carbocycles. The molecular weight excluding hydrogens is 249 g/mol. The van der Waals surface area contributed by atoms with Gasteiger partial charge in [-0.2, -0.15) is 0 Å². The predicted molar refractivity (Wildman–Crippen MR) is 76.6 cm³/mol. The fourth-order valence-corrected chi connectivity index (χ4v) is 2.06. The van der Waals surface area contributed by atoms with Crippen LogP contribution in [0.15, 0.2) is 18.2 Å². The fraction of sp³-hybridized carbons (Fsp3) is 0.600. The first-order valence-electron chi connectivity index (χ1n) is 6.64. The topological polar surface area (TPSA) is 12.0 Å². The summed E-state index contributed by atoms with van der Waals surface area (Å²) in [4.78, 5) is 0. The molecule has 1 rings (SSSR count). The van der Waals surface area contributed by atoms with Gasteiger partial charge in [-0.15, -0.1) is 0 Å². The Morgan fingerprint density at radius 2 is 1.94 bits per heavy atom. The second-order valence-corrected chi connectivity index (χ2v) is 5.82. The van der Waals surface area contributed by atoms with Crippen molar-refractivity contribution in [3.63, 3.8) is 0 Å². The second-order valence-electron chi connectivity index (χ2n) is 5.41. The molecule has 3 heteroatoms. The van der Waals surface area contributed by atoms with Crippen LogP contribution in [0.2, 0.25) is 5.02 Å². The highest BCUT2D eigenvalue weighted by atomic mass is 35.5. The van der Waals surface area contributed by atoms with E-state index in [0.717, 1.165) is 31.5 Å². The number of hydrogen-bond acceptors (Lipinski definition) is 1. The van der Waals surface area contributed by atoms with E-state index < -0.39 is 0 Å². The van der Waals surface area contributed by atoms with E-state index in [4.69, 9.17) is 11.6 Å². The van der Waals surface area contributed by atoms with Crippen LogP contribution in [-0.4, -0.2) is 13.1 Å². The largest absolute Gasteiger partial charge is 0.316 e. The summed E-state index contributed by atoms with van der Waals surface area (Å²) in [7, 11) is 0. The maximum atomic E-state index is 13.7. The van der Waals surface area contributed by atoms with Crippen LogP contribution >= 0.6 is 11.6 Å². The molecule has 102 valence electrons. The zero-order valence-electron chi connectivity index (χ0n) is 11.5. The van der Waals surface area contributed by atoms with Crippen molar-refractivity contribution in [1.29, 1.82) is 0 Å². The molecular formula is C15H23ClFN. The van der Waals surface area contributed by atoms with Crippen LogP contribution in [0.3, 0.4) is 0 Å². The lowest BCUT2D eigenvalue weighted by atomic mass is 10.0. The third-order valence-electron chi connectivity index (χ3n) is 2.98. The van der Waals surface area contributed by atoms with Crippen molar-refractivity contribution in [2.24, 2.45) is 11.8 Å². The highest BCUT2D eigenvalue weighted by Crippen LogP contribution is 2.20. The third-order valence-corrected chi connectivity index (χ3v) is 3.28. The summed E-state index contributed by atoms with van der Waals surface area (Å²) in [5, 5.41) is 3.65. The Balaban J connectivity index is 2.33. The minimum absolute atomic E-state index is 0.220. The monoisotopic (exact) mass is 271 g/mol. The quantitative estimate of drug-likeness (QED) is 0.780. The lowest BCUT2D eigenvalue weighted by Gasteiger charge is -2.14. The zero-order valence-corrected chi connectivity index (χ0v) is 12.2. The standard InChI is InChI=1S/C15H23ClFN/c1-11(2)9-18-10-12(3)7-8-13-5-4-6-14(16)15(13)17/h4-6,11-12,18H,7-10H2,1-3H3. The van der Waals surface area contributed by atoms with Gasteiger partial charge in [0.25, 0.3) is 0 Å². The number of rotatable bonds is 7. The molecule has 0 spiro atoms. The van der Waals surface area contributed by atoms with Gasteiger partial charge in [-0.3, -0.25) is 0 Å². The molecule has 1 aromatic carbocycles. The van der Waals surface area contributed by atoms with E-state index in [9.17, 15) is 4.39 Å². The molecule has 0 aromatic heterocycles. The summed E-state index contributed by atoms with van der Waals surface area (Å²) >= 11 is 5.76. The molecule has 0 aliphatic carbocycles. The molecule has 0 aliphatic rings. The number of hydrogen-bond donors (Lipinski definition) is 1. The number of nitrogens with one attached hydrogen (secondary N) is 1. The van der Waals surface area contributed by atoms with Gasteiger partial charge in [-0.25, -0.2) is 4.39 Å². The molecule has 18 heavy (non-hydrogen) atoms. The van der Waals surface area contributed by atoms with Crippen molar-refractivity contribution in [1.82, 2.24) is 5.32 Å². The molecule has 1 N–H and O–H groups in total. The molecule has 0 aliphatic heterocycles. The van der Waals surface area contributed by atoms with Crippen LogP contribution in [0.1, 0.15) is 32.8 Å². The zero-order chi connectivity index (χ0) is 13.5. The lowest BCUT2D eigenvalue weighted by molar-refractivity contribution is 0.451. The molecule has 0 bridgehead atoms. The van der Waals surface area contributed by atoms with Crippen molar-refractivity contribution in [3.8, 4) is 0 Å². The van der Waals surface area contributed by atoms with E-state index in [-0.39, 0.29) is 10.8 Å². The Morgan fingerprint density at radius 3 is 2.61 bits per heavy atom. The summed E-state index contributed by atoms with van der Waals surface area (Å²) in [5.74, 6) is 0.950. The molecule has 1 atom stereocenters.